The highest BCUT2D eigenvalue weighted by atomic mass is 16.6. The smallest absolute Gasteiger partial charge is 0.330 e. The molecule has 0 radical (unpaired) electrons. The lowest BCUT2D eigenvalue weighted by Crippen LogP contribution is -2.31. The summed E-state index contributed by atoms with van der Waals surface area (Å²) in [5.41, 5.74) is 1.33. The van der Waals surface area contributed by atoms with E-state index < -0.39 is 11.2 Å². The van der Waals surface area contributed by atoms with Crippen LogP contribution in [0.5, 0.6) is 11.5 Å². The minimum absolute atomic E-state index is 0.287. The lowest BCUT2D eigenvalue weighted by atomic mass is 10.2. The molecule has 2 aromatic heterocycles. The molecule has 5 rings (SSSR count). The minimum atomic E-state index is -0.503. The predicted octanol–water partition coefficient (Wildman–Crippen LogP) is 2.02. The zero-order valence-electron chi connectivity index (χ0n) is 17.5. The first-order valence-corrected chi connectivity index (χ1v) is 10.3. The Morgan fingerprint density at radius 3 is 2.59 bits per heavy atom. The van der Waals surface area contributed by atoms with Crippen molar-refractivity contribution in [1.29, 1.82) is 0 Å². The molecule has 9 heteroatoms. The van der Waals surface area contributed by atoms with Crippen molar-refractivity contribution in [3.63, 3.8) is 0 Å². The molecule has 0 bridgehead atoms. The van der Waals surface area contributed by atoms with E-state index in [-0.39, 0.29) is 6.54 Å². The molecular formula is C23H22N4O5. The van der Waals surface area contributed by atoms with Crippen LogP contribution in [0.4, 0.5) is 0 Å². The molecule has 0 amide bonds. The Morgan fingerprint density at radius 2 is 1.81 bits per heavy atom. The third-order valence-electron chi connectivity index (χ3n) is 5.39. The number of nitrogens with one attached hydrogen (secondary N) is 1. The van der Waals surface area contributed by atoms with E-state index in [4.69, 9.17) is 19.2 Å². The topological polar surface area (TPSA) is 100 Å². The maximum Gasteiger partial charge on any atom is 0.330 e. The van der Waals surface area contributed by atoms with Crippen molar-refractivity contribution in [3.8, 4) is 22.9 Å². The van der Waals surface area contributed by atoms with Gasteiger partial charge in [0.1, 0.15) is 19.0 Å². The van der Waals surface area contributed by atoms with Gasteiger partial charge in [-0.1, -0.05) is 30.3 Å². The average molecular weight is 434 g/mol. The third kappa shape index (κ3) is 3.56. The van der Waals surface area contributed by atoms with E-state index in [1.165, 1.54) is 4.57 Å². The van der Waals surface area contributed by atoms with Crippen molar-refractivity contribution in [2.75, 3.05) is 26.9 Å². The van der Waals surface area contributed by atoms with Crippen molar-refractivity contribution >= 4 is 11.2 Å². The predicted molar refractivity (Wildman–Crippen MR) is 118 cm³/mol. The summed E-state index contributed by atoms with van der Waals surface area (Å²) in [7, 11) is 1.60. The molecule has 1 aliphatic rings. The Kier molecular flexibility index (Phi) is 5.24. The number of aromatic nitrogens is 4. The monoisotopic (exact) mass is 434 g/mol. The minimum Gasteiger partial charge on any atom is -0.486 e. The van der Waals surface area contributed by atoms with Crippen molar-refractivity contribution in [2.45, 2.75) is 13.1 Å². The number of aromatic amines is 1. The van der Waals surface area contributed by atoms with Crippen molar-refractivity contribution in [1.82, 2.24) is 19.1 Å². The maximum absolute atomic E-state index is 12.9. The van der Waals surface area contributed by atoms with Gasteiger partial charge in [-0.15, -0.1) is 0 Å². The molecule has 2 aromatic carbocycles. The molecule has 3 heterocycles. The second-order valence-corrected chi connectivity index (χ2v) is 7.44. The van der Waals surface area contributed by atoms with Gasteiger partial charge in [0.25, 0.3) is 5.56 Å². The zero-order valence-corrected chi connectivity index (χ0v) is 17.5. The molecule has 0 aliphatic carbocycles. The van der Waals surface area contributed by atoms with Crippen molar-refractivity contribution < 1.29 is 14.2 Å². The molecule has 0 unspecified atom stereocenters. The van der Waals surface area contributed by atoms with Crippen LogP contribution < -0.4 is 20.7 Å². The van der Waals surface area contributed by atoms with Gasteiger partial charge in [0.2, 0.25) is 0 Å². The summed E-state index contributed by atoms with van der Waals surface area (Å²) in [6, 6.07) is 15.1. The number of hydrogen-bond acceptors (Lipinski definition) is 6. The zero-order chi connectivity index (χ0) is 22.1. The first kappa shape index (κ1) is 20.1. The number of nitrogens with zero attached hydrogens (tertiary/aromatic N) is 3. The molecule has 32 heavy (non-hydrogen) atoms. The van der Waals surface area contributed by atoms with Gasteiger partial charge in [0.05, 0.1) is 13.2 Å². The molecule has 9 nitrogen and oxygen atoms in total. The maximum atomic E-state index is 12.9. The van der Waals surface area contributed by atoms with Gasteiger partial charge in [0, 0.05) is 19.2 Å². The van der Waals surface area contributed by atoms with E-state index in [9.17, 15) is 9.59 Å². The number of fused-ring (bicyclic) bond motifs is 2. The van der Waals surface area contributed by atoms with Gasteiger partial charge in [-0.25, -0.2) is 9.78 Å². The number of imidazole rings is 1. The summed E-state index contributed by atoms with van der Waals surface area (Å²) in [5, 5.41) is 0. The molecule has 0 spiro atoms. The number of rotatable bonds is 6. The Hall–Kier alpha value is -3.85. The lowest BCUT2D eigenvalue weighted by molar-refractivity contribution is 0.171. The second kappa shape index (κ2) is 8.35. The molecule has 4 aromatic rings. The summed E-state index contributed by atoms with van der Waals surface area (Å²) in [6.07, 6.45) is 0. The molecule has 0 saturated heterocycles. The molecule has 0 atom stereocenters. The van der Waals surface area contributed by atoms with E-state index in [2.05, 4.69) is 4.98 Å². The van der Waals surface area contributed by atoms with E-state index in [1.54, 1.807) is 11.7 Å². The van der Waals surface area contributed by atoms with Crippen molar-refractivity contribution in [2.24, 2.45) is 0 Å². The van der Waals surface area contributed by atoms with Gasteiger partial charge < -0.3 is 18.8 Å². The summed E-state index contributed by atoms with van der Waals surface area (Å²) >= 11 is 0. The SMILES string of the molecule is COCCn1c(-c2ccc3c(c2)OCCO3)nc2c1c(=O)[nH]c(=O)n2Cc1ccccc1. The van der Waals surface area contributed by atoms with Crippen LogP contribution in [-0.2, 0) is 17.8 Å². The van der Waals surface area contributed by atoms with Crippen LogP contribution in [0.3, 0.4) is 0 Å². The highest BCUT2D eigenvalue weighted by Crippen LogP contribution is 2.35. The fraction of sp³-hybridized carbons (Fsp3) is 0.261. The second-order valence-electron chi connectivity index (χ2n) is 7.44. The van der Waals surface area contributed by atoms with Crippen LogP contribution in [0.25, 0.3) is 22.6 Å². The Balaban J connectivity index is 1.72. The number of hydrogen-bond donors (Lipinski definition) is 1. The third-order valence-corrected chi connectivity index (χ3v) is 5.39. The van der Waals surface area contributed by atoms with Crippen LogP contribution in [0.2, 0.25) is 0 Å². The van der Waals surface area contributed by atoms with Gasteiger partial charge in [-0.3, -0.25) is 14.3 Å². The van der Waals surface area contributed by atoms with Crippen LogP contribution in [0, 0.1) is 0 Å². The Morgan fingerprint density at radius 1 is 1.03 bits per heavy atom. The number of ether oxygens (including phenoxy) is 3. The van der Waals surface area contributed by atoms with Crippen LogP contribution in [0.1, 0.15) is 5.56 Å². The van der Waals surface area contributed by atoms with E-state index in [0.717, 1.165) is 11.1 Å². The molecule has 1 aliphatic heterocycles. The van der Waals surface area contributed by atoms with E-state index in [0.29, 0.717) is 54.9 Å². The quantitative estimate of drug-likeness (QED) is 0.498. The normalized spacial score (nSPS) is 12.9. The van der Waals surface area contributed by atoms with Crippen LogP contribution in [0.15, 0.2) is 58.1 Å². The fourth-order valence-corrected chi connectivity index (χ4v) is 3.89. The molecule has 1 N–H and O–H groups in total. The Bertz CT molecular complexity index is 1390. The molecular weight excluding hydrogens is 412 g/mol. The largest absolute Gasteiger partial charge is 0.486 e. The van der Waals surface area contributed by atoms with Gasteiger partial charge in [-0.05, 0) is 23.8 Å². The van der Waals surface area contributed by atoms with Gasteiger partial charge in [0.15, 0.2) is 22.7 Å². The summed E-state index contributed by atoms with van der Waals surface area (Å²) in [4.78, 5) is 32.8. The summed E-state index contributed by atoms with van der Waals surface area (Å²) in [6.45, 7) is 2.02. The number of H-pyrrole nitrogens is 1. The van der Waals surface area contributed by atoms with Crippen LogP contribution >= 0.6 is 0 Å². The molecule has 0 saturated carbocycles. The van der Waals surface area contributed by atoms with Crippen LogP contribution in [-0.4, -0.2) is 46.0 Å². The first-order chi connectivity index (χ1) is 15.7. The lowest BCUT2D eigenvalue weighted by Gasteiger charge is -2.19. The van der Waals surface area contributed by atoms with Gasteiger partial charge >= 0.3 is 5.69 Å². The molecule has 164 valence electrons. The van der Waals surface area contributed by atoms with Gasteiger partial charge in [-0.2, -0.15) is 0 Å². The summed E-state index contributed by atoms with van der Waals surface area (Å²) in [5.74, 6) is 1.83. The highest BCUT2D eigenvalue weighted by molar-refractivity contribution is 5.77. The van der Waals surface area contributed by atoms with E-state index >= 15 is 0 Å². The summed E-state index contributed by atoms with van der Waals surface area (Å²) < 4.78 is 19.9. The highest BCUT2D eigenvalue weighted by Gasteiger charge is 2.21. The fourth-order valence-electron chi connectivity index (χ4n) is 3.89. The first-order valence-electron chi connectivity index (χ1n) is 10.3. The standard InChI is InChI=1S/C23H22N4O5/c1-30-10-9-26-19-21(24-20(26)16-7-8-17-18(13-16)32-12-11-31-17)27(23(29)25-22(19)28)14-15-5-3-2-4-6-15/h2-8,13H,9-12,14H2,1H3,(H,25,28,29). The average Bonchev–Trinajstić information content (AvgIpc) is 3.20. The Labute approximate surface area is 182 Å². The molecule has 0 fully saturated rings. The van der Waals surface area contributed by atoms with E-state index in [1.807, 2.05) is 48.5 Å². The van der Waals surface area contributed by atoms with Crippen molar-refractivity contribution in [3.05, 3.63) is 74.9 Å². The number of methoxy groups -OCH3 is 1. The number of benzene rings is 2.